The van der Waals surface area contributed by atoms with Crippen molar-refractivity contribution in [1.29, 1.82) is 0 Å². The number of aryl methyl sites for hydroxylation is 1. The summed E-state index contributed by atoms with van der Waals surface area (Å²) < 4.78 is 46.9. The van der Waals surface area contributed by atoms with Gasteiger partial charge in [0, 0.05) is 13.1 Å². The van der Waals surface area contributed by atoms with Gasteiger partial charge in [0.15, 0.2) is 6.61 Å². The van der Waals surface area contributed by atoms with Crippen molar-refractivity contribution < 1.29 is 27.4 Å². The molecule has 0 spiro atoms. The van der Waals surface area contributed by atoms with Gasteiger partial charge in [-0.05, 0) is 24.6 Å². The molecule has 1 aromatic carbocycles. The van der Waals surface area contributed by atoms with Gasteiger partial charge >= 0.3 is 6.18 Å². The minimum absolute atomic E-state index is 0. The van der Waals surface area contributed by atoms with Crippen LogP contribution in [0.5, 0.6) is 5.75 Å². The largest absolute Gasteiger partial charge is 0.482 e. The maximum Gasteiger partial charge on any atom is 0.422 e. The molecule has 1 aromatic rings. The Morgan fingerprint density at radius 2 is 2.22 bits per heavy atom. The van der Waals surface area contributed by atoms with E-state index in [2.05, 4.69) is 10.6 Å². The Labute approximate surface area is 137 Å². The number of anilines is 1. The van der Waals surface area contributed by atoms with E-state index in [0.717, 1.165) is 5.56 Å². The molecule has 0 saturated carbocycles. The zero-order chi connectivity index (χ0) is 16.2. The van der Waals surface area contributed by atoms with Gasteiger partial charge in [0.1, 0.15) is 11.9 Å². The molecule has 1 aliphatic heterocycles. The molecule has 2 N–H and O–H groups in total. The van der Waals surface area contributed by atoms with Crippen molar-refractivity contribution in [2.45, 2.75) is 19.2 Å². The van der Waals surface area contributed by atoms with Crippen molar-refractivity contribution in [2.24, 2.45) is 0 Å². The fourth-order valence-corrected chi connectivity index (χ4v) is 1.96. The number of ether oxygens (including phenoxy) is 2. The van der Waals surface area contributed by atoms with Crippen LogP contribution in [-0.4, -0.2) is 44.5 Å². The molecule has 1 heterocycles. The van der Waals surface area contributed by atoms with Crippen molar-refractivity contribution in [3.63, 3.8) is 0 Å². The van der Waals surface area contributed by atoms with Crippen LogP contribution in [0.1, 0.15) is 5.56 Å². The summed E-state index contributed by atoms with van der Waals surface area (Å²) in [5.41, 5.74) is 0.916. The highest BCUT2D eigenvalue weighted by molar-refractivity contribution is 5.95. The lowest BCUT2D eigenvalue weighted by Gasteiger charge is -2.23. The van der Waals surface area contributed by atoms with E-state index < -0.39 is 24.8 Å². The number of rotatable bonds is 4. The second-order valence-electron chi connectivity index (χ2n) is 4.96. The molecule has 0 radical (unpaired) electrons. The van der Waals surface area contributed by atoms with Crippen LogP contribution in [0.3, 0.4) is 0 Å². The van der Waals surface area contributed by atoms with Crippen molar-refractivity contribution in [1.82, 2.24) is 5.32 Å². The molecule has 0 aliphatic carbocycles. The van der Waals surface area contributed by atoms with Gasteiger partial charge in [-0.3, -0.25) is 4.79 Å². The lowest BCUT2D eigenvalue weighted by atomic mass is 10.2. The SMILES string of the molecule is Cc1ccc(NC(=O)C2CNCCO2)c(OCC(F)(F)F)c1.Cl. The predicted molar refractivity (Wildman–Crippen MR) is 81.2 cm³/mol. The van der Waals surface area contributed by atoms with E-state index in [4.69, 9.17) is 9.47 Å². The number of hydrogen-bond acceptors (Lipinski definition) is 4. The van der Waals surface area contributed by atoms with Crippen molar-refractivity contribution in [3.05, 3.63) is 23.8 Å². The molecule has 1 unspecified atom stereocenters. The zero-order valence-electron chi connectivity index (χ0n) is 12.4. The van der Waals surface area contributed by atoms with E-state index in [1.54, 1.807) is 13.0 Å². The average molecular weight is 355 g/mol. The minimum atomic E-state index is -4.44. The fourth-order valence-electron chi connectivity index (χ4n) is 1.96. The van der Waals surface area contributed by atoms with Crippen LogP contribution in [0, 0.1) is 6.92 Å². The fraction of sp³-hybridized carbons (Fsp3) is 0.500. The Morgan fingerprint density at radius 3 is 2.83 bits per heavy atom. The van der Waals surface area contributed by atoms with Crippen molar-refractivity contribution in [3.8, 4) is 5.75 Å². The Morgan fingerprint density at radius 1 is 1.48 bits per heavy atom. The van der Waals surface area contributed by atoms with Crippen LogP contribution in [0.4, 0.5) is 18.9 Å². The molecule has 1 aliphatic rings. The Kier molecular flexibility index (Phi) is 7.11. The quantitative estimate of drug-likeness (QED) is 0.871. The van der Waals surface area contributed by atoms with Gasteiger partial charge < -0.3 is 20.1 Å². The smallest absolute Gasteiger partial charge is 0.422 e. The number of halogens is 4. The van der Waals surface area contributed by atoms with Gasteiger partial charge in [-0.1, -0.05) is 6.07 Å². The highest BCUT2D eigenvalue weighted by Crippen LogP contribution is 2.28. The Balaban J connectivity index is 0.00000264. The molecule has 1 atom stereocenters. The number of carbonyl (C=O) groups is 1. The number of morpholine rings is 1. The first kappa shape index (κ1) is 19.5. The molecule has 130 valence electrons. The number of benzene rings is 1. The van der Waals surface area contributed by atoms with Gasteiger partial charge in [0.2, 0.25) is 0 Å². The molecule has 23 heavy (non-hydrogen) atoms. The third-order valence-electron chi connectivity index (χ3n) is 3.01. The molecule has 9 heteroatoms. The summed E-state index contributed by atoms with van der Waals surface area (Å²) in [6.07, 6.45) is -5.12. The molecule has 2 rings (SSSR count). The third-order valence-corrected chi connectivity index (χ3v) is 3.01. The molecule has 1 amide bonds. The van der Waals surface area contributed by atoms with Crippen LogP contribution < -0.4 is 15.4 Å². The highest BCUT2D eigenvalue weighted by Gasteiger charge is 2.29. The lowest BCUT2D eigenvalue weighted by molar-refractivity contribution is -0.153. The van der Waals surface area contributed by atoms with E-state index in [1.807, 2.05) is 0 Å². The third kappa shape index (κ3) is 6.25. The van der Waals surface area contributed by atoms with Gasteiger partial charge in [-0.15, -0.1) is 12.4 Å². The van der Waals surface area contributed by atoms with E-state index in [1.165, 1.54) is 12.1 Å². The number of alkyl halides is 3. The Bertz CT molecular complexity index is 534. The van der Waals surface area contributed by atoms with Gasteiger partial charge in [-0.25, -0.2) is 0 Å². The highest BCUT2D eigenvalue weighted by atomic mass is 35.5. The monoisotopic (exact) mass is 354 g/mol. The molecule has 5 nitrogen and oxygen atoms in total. The first-order chi connectivity index (χ1) is 10.3. The average Bonchev–Trinajstić information content (AvgIpc) is 2.47. The lowest BCUT2D eigenvalue weighted by Crippen LogP contribution is -2.45. The number of hydrogen-bond donors (Lipinski definition) is 2. The van der Waals surface area contributed by atoms with Gasteiger partial charge in [0.25, 0.3) is 5.91 Å². The van der Waals surface area contributed by atoms with E-state index >= 15 is 0 Å². The van der Waals surface area contributed by atoms with Crippen LogP contribution in [0.2, 0.25) is 0 Å². The van der Waals surface area contributed by atoms with Gasteiger partial charge in [-0.2, -0.15) is 13.2 Å². The Hall–Kier alpha value is -1.51. The second kappa shape index (κ2) is 8.37. The summed E-state index contributed by atoms with van der Waals surface area (Å²) in [7, 11) is 0. The van der Waals surface area contributed by atoms with Crippen LogP contribution in [0.25, 0.3) is 0 Å². The molecule has 0 aromatic heterocycles. The van der Waals surface area contributed by atoms with Crippen molar-refractivity contribution >= 4 is 24.0 Å². The molecule has 1 saturated heterocycles. The van der Waals surface area contributed by atoms with E-state index in [-0.39, 0.29) is 23.8 Å². The van der Waals surface area contributed by atoms with Gasteiger partial charge in [0.05, 0.1) is 12.3 Å². The summed E-state index contributed by atoms with van der Waals surface area (Å²) in [5, 5.41) is 5.55. The van der Waals surface area contributed by atoms with Crippen LogP contribution in [-0.2, 0) is 9.53 Å². The van der Waals surface area contributed by atoms with Crippen molar-refractivity contribution in [2.75, 3.05) is 31.6 Å². The first-order valence-electron chi connectivity index (χ1n) is 6.78. The zero-order valence-corrected chi connectivity index (χ0v) is 13.2. The van der Waals surface area contributed by atoms with Crippen LogP contribution >= 0.6 is 12.4 Å². The molecule has 1 fully saturated rings. The molecule has 0 bridgehead atoms. The minimum Gasteiger partial charge on any atom is -0.482 e. The topological polar surface area (TPSA) is 59.6 Å². The summed E-state index contributed by atoms with van der Waals surface area (Å²) in [4.78, 5) is 12.1. The second-order valence-corrected chi connectivity index (χ2v) is 4.96. The summed E-state index contributed by atoms with van der Waals surface area (Å²) in [6, 6.07) is 4.63. The molecular weight excluding hydrogens is 337 g/mol. The van der Waals surface area contributed by atoms with Crippen LogP contribution in [0.15, 0.2) is 18.2 Å². The predicted octanol–water partition coefficient (Wildman–Crippen LogP) is 2.28. The summed E-state index contributed by atoms with van der Waals surface area (Å²) in [6.45, 7) is 1.73. The first-order valence-corrected chi connectivity index (χ1v) is 6.78. The maximum absolute atomic E-state index is 12.3. The van der Waals surface area contributed by atoms with E-state index in [0.29, 0.717) is 19.7 Å². The van der Waals surface area contributed by atoms with E-state index in [9.17, 15) is 18.0 Å². The standard InChI is InChI=1S/C14H17F3N2O3.ClH/c1-9-2-3-10(11(6-9)22-8-14(15,16)17)19-13(20)12-7-18-4-5-21-12;/h2-3,6,12,18H,4-5,7-8H2,1H3,(H,19,20);1H. The normalized spacial score (nSPS) is 18.0. The molecular formula is C14H18ClF3N2O3. The number of carbonyl (C=O) groups excluding carboxylic acids is 1. The number of nitrogens with one attached hydrogen (secondary N) is 2. The number of amides is 1. The maximum atomic E-state index is 12.3. The summed E-state index contributed by atoms with van der Waals surface area (Å²) in [5.74, 6) is -0.442. The summed E-state index contributed by atoms with van der Waals surface area (Å²) >= 11 is 0.